The van der Waals surface area contributed by atoms with Gasteiger partial charge in [0.15, 0.2) is 0 Å². The molecule has 1 saturated heterocycles. The molecule has 0 N–H and O–H groups in total. The molecule has 2 aliphatic rings. The van der Waals surface area contributed by atoms with Crippen LogP contribution in [0.2, 0.25) is 0 Å². The fraction of sp³-hybridized carbons (Fsp3) is 0.474. The minimum Gasteiger partial charge on any atom is -0.459 e. The normalized spacial score (nSPS) is 26.2. The number of nitriles is 2. The van der Waals surface area contributed by atoms with Crippen LogP contribution < -0.4 is 0 Å². The highest BCUT2D eigenvalue weighted by Gasteiger charge is 2.68. The summed E-state index contributed by atoms with van der Waals surface area (Å²) in [5.41, 5.74) is -1.85. The van der Waals surface area contributed by atoms with E-state index in [0.29, 0.717) is 0 Å². The van der Waals surface area contributed by atoms with Crippen molar-refractivity contribution < 1.29 is 9.53 Å². The number of carbonyl (C=O) groups excluding carboxylic acids is 1. The van der Waals surface area contributed by atoms with Crippen molar-refractivity contribution in [2.45, 2.75) is 51.3 Å². The van der Waals surface area contributed by atoms with Gasteiger partial charge in [0.05, 0.1) is 12.3 Å². The molecule has 2 heterocycles. The Bertz CT molecular complexity index is 826. The topological polar surface area (TPSA) is 89.5 Å². The number of hydrazone groups is 1. The Morgan fingerprint density at radius 1 is 1.32 bits per heavy atom. The molecule has 25 heavy (non-hydrogen) atoms. The van der Waals surface area contributed by atoms with E-state index in [1.165, 1.54) is 5.01 Å². The molecule has 1 fully saturated rings. The van der Waals surface area contributed by atoms with Crippen molar-refractivity contribution in [3.8, 4) is 12.1 Å². The molecule has 0 bridgehead atoms. The van der Waals surface area contributed by atoms with Gasteiger partial charge >= 0.3 is 5.97 Å². The smallest absolute Gasteiger partial charge is 0.317 e. The summed E-state index contributed by atoms with van der Waals surface area (Å²) in [5.74, 6) is -0.551. The second-order valence-corrected chi connectivity index (χ2v) is 7.71. The second kappa shape index (κ2) is 5.32. The summed E-state index contributed by atoms with van der Waals surface area (Å²) in [6, 6.07) is 11.5. The summed E-state index contributed by atoms with van der Waals surface area (Å²) in [6.45, 7) is 6.93. The molecule has 2 atom stereocenters. The Labute approximate surface area is 147 Å². The van der Waals surface area contributed by atoms with Crippen LogP contribution in [0, 0.1) is 28.1 Å². The van der Waals surface area contributed by atoms with Gasteiger partial charge in [-0.25, -0.2) is 0 Å². The molecule has 0 saturated carbocycles. The van der Waals surface area contributed by atoms with Gasteiger partial charge in [-0.05, 0) is 45.2 Å². The van der Waals surface area contributed by atoms with Gasteiger partial charge in [0.1, 0.15) is 23.2 Å². The van der Waals surface area contributed by atoms with Gasteiger partial charge < -0.3 is 4.74 Å². The number of hydrogen-bond donors (Lipinski definition) is 0. The molecule has 0 aromatic heterocycles. The number of rotatable bonds is 1. The van der Waals surface area contributed by atoms with E-state index >= 15 is 0 Å². The largest absolute Gasteiger partial charge is 0.459 e. The highest BCUT2D eigenvalue weighted by atomic mass is 16.6. The third kappa shape index (κ3) is 2.29. The van der Waals surface area contributed by atoms with Crippen LogP contribution >= 0.6 is 0 Å². The van der Waals surface area contributed by atoms with Crippen molar-refractivity contribution in [1.29, 1.82) is 10.5 Å². The zero-order chi connectivity index (χ0) is 18.5. The first-order chi connectivity index (χ1) is 11.7. The van der Waals surface area contributed by atoms with E-state index in [2.05, 4.69) is 17.2 Å². The lowest BCUT2D eigenvalue weighted by atomic mass is 9.72. The minimum atomic E-state index is -1.72. The molecular weight excluding hydrogens is 316 g/mol. The van der Waals surface area contributed by atoms with E-state index in [4.69, 9.17) is 4.74 Å². The SMILES string of the molecule is CC(C)(C)OC(=O)[C@]1(C)C[C@@H]2c3ccccc3C=NN2C1(C#N)C#N. The molecular formula is C19H20N4O2. The van der Waals surface area contributed by atoms with Gasteiger partial charge in [-0.3, -0.25) is 9.80 Å². The molecule has 1 aromatic rings. The van der Waals surface area contributed by atoms with Gasteiger partial charge in [0, 0.05) is 0 Å². The van der Waals surface area contributed by atoms with E-state index < -0.39 is 22.5 Å². The predicted molar refractivity (Wildman–Crippen MR) is 91.1 cm³/mol. The summed E-state index contributed by atoms with van der Waals surface area (Å²) >= 11 is 0. The molecule has 0 amide bonds. The highest BCUT2D eigenvalue weighted by Crippen LogP contribution is 2.56. The second-order valence-electron chi connectivity index (χ2n) is 7.71. The van der Waals surface area contributed by atoms with Crippen molar-refractivity contribution in [3.05, 3.63) is 35.4 Å². The van der Waals surface area contributed by atoms with Crippen LogP contribution in [0.3, 0.4) is 0 Å². The van der Waals surface area contributed by atoms with Crippen molar-refractivity contribution in [2.75, 3.05) is 0 Å². The maximum absolute atomic E-state index is 13.0. The summed E-state index contributed by atoms with van der Waals surface area (Å²) in [6.07, 6.45) is 1.92. The lowest BCUT2D eigenvalue weighted by Gasteiger charge is -2.37. The zero-order valence-corrected chi connectivity index (χ0v) is 14.8. The maximum Gasteiger partial charge on any atom is 0.317 e. The van der Waals surface area contributed by atoms with Crippen LogP contribution in [0.25, 0.3) is 0 Å². The van der Waals surface area contributed by atoms with E-state index in [9.17, 15) is 15.3 Å². The van der Waals surface area contributed by atoms with Gasteiger partial charge in [-0.2, -0.15) is 15.6 Å². The molecule has 2 aliphatic heterocycles. The first-order valence-corrected chi connectivity index (χ1v) is 8.17. The van der Waals surface area contributed by atoms with Crippen LogP contribution in [-0.2, 0) is 9.53 Å². The number of fused-ring (bicyclic) bond motifs is 3. The van der Waals surface area contributed by atoms with Crippen molar-refractivity contribution in [3.63, 3.8) is 0 Å². The van der Waals surface area contributed by atoms with Crippen molar-refractivity contribution in [2.24, 2.45) is 10.5 Å². The first kappa shape index (κ1) is 17.0. The van der Waals surface area contributed by atoms with Crippen molar-refractivity contribution in [1.82, 2.24) is 5.01 Å². The molecule has 1 aromatic carbocycles. The third-order valence-corrected chi connectivity index (χ3v) is 4.89. The minimum absolute atomic E-state index is 0.289. The van der Waals surface area contributed by atoms with Crippen LogP contribution in [0.4, 0.5) is 0 Å². The predicted octanol–water partition coefficient (Wildman–Crippen LogP) is 2.91. The average Bonchev–Trinajstić information content (AvgIpc) is 2.83. The Balaban J connectivity index is 2.13. The summed E-state index contributed by atoms with van der Waals surface area (Å²) < 4.78 is 5.56. The summed E-state index contributed by atoms with van der Waals surface area (Å²) in [5, 5.41) is 25.6. The van der Waals surface area contributed by atoms with Crippen LogP contribution in [0.15, 0.2) is 29.4 Å². The summed E-state index contributed by atoms with van der Waals surface area (Å²) in [7, 11) is 0. The maximum atomic E-state index is 13.0. The molecule has 0 aliphatic carbocycles. The van der Waals surface area contributed by atoms with Crippen molar-refractivity contribution >= 4 is 12.2 Å². The lowest BCUT2D eigenvalue weighted by Crippen LogP contribution is -2.54. The summed E-state index contributed by atoms with van der Waals surface area (Å²) in [4.78, 5) is 13.0. The number of benzene rings is 1. The number of carbonyl (C=O) groups is 1. The fourth-order valence-corrected chi connectivity index (χ4v) is 3.57. The molecule has 3 rings (SSSR count). The molecule has 0 unspecified atom stereocenters. The quantitative estimate of drug-likeness (QED) is 0.736. The molecule has 0 radical (unpaired) electrons. The van der Waals surface area contributed by atoms with Gasteiger partial charge in [0.25, 0.3) is 0 Å². The lowest BCUT2D eigenvalue weighted by molar-refractivity contribution is -0.168. The third-order valence-electron chi connectivity index (χ3n) is 4.89. The molecule has 128 valence electrons. The van der Waals surface area contributed by atoms with Crippen LogP contribution in [-0.4, -0.2) is 28.3 Å². The number of ether oxygens (including phenoxy) is 1. The van der Waals surface area contributed by atoms with Crippen LogP contribution in [0.5, 0.6) is 0 Å². The number of esters is 1. The fourth-order valence-electron chi connectivity index (χ4n) is 3.57. The first-order valence-electron chi connectivity index (χ1n) is 8.17. The Kier molecular flexibility index (Phi) is 3.61. The van der Waals surface area contributed by atoms with E-state index in [0.717, 1.165) is 11.1 Å². The molecule has 6 nitrogen and oxygen atoms in total. The van der Waals surface area contributed by atoms with E-state index in [1.807, 2.05) is 24.3 Å². The number of hydrogen-bond acceptors (Lipinski definition) is 6. The zero-order valence-electron chi connectivity index (χ0n) is 14.8. The number of nitrogens with zero attached hydrogens (tertiary/aromatic N) is 4. The van der Waals surface area contributed by atoms with Gasteiger partial charge in [-0.15, -0.1) is 0 Å². The van der Waals surface area contributed by atoms with Gasteiger partial charge in [-0.1, -0.05) is 24.3 Å². The Morgan fingerprint density at radius 2 is 1.96 bits per heavy atom. The molecule has 0 spiro atoms. The van der Waals surface area contributed by atoms with Gasteiger partial charge in [0.2, 0.25) is 5.54 Å². The standard InChI is InChI=1S/C19H20N4O2/c1-17(2,3)25-16(24)18(4)9-15-14-8-6-5-7-13(14)10-22-23(15)19(18,11-20)12-21/h5-8,10,15H,9H2,1-4H3/t15-,18+/m1/s1. The monoisotopic (exact) mass is 336 g/mol. The highest BCUT2D eigenvalue weighted by molar-refractivity contribution is 5.85. The van der Waals surface area contributed by atoms with E-state index in [-0.39, 0.29) is 12.5 Å². The Hall–Kier alpha value is -2.86. The molecule has 6 heteroatoms. The van der Waals surface area contributed by atoms with Crippen LogP contribution in [0.1, 0.15) is 51.3 Å². The van der Waals surface area contributed by atoms with E-state index in [1.54, 1.807) is 33.9 Å². The average molecular weight is 336 g/mol. The Morgan fingerprint density at radius 3 is 2.56 bits per heavy atom.